The van der Waals surface area contributed by atoms with Crippen molar-refractivity contribution < 1.29 is 19.2 Å². The van der Waals surface area contributed by atoms with Crippen LogP contribution < -0.4 is 5.32 Å². The van der Waals surface area contributed by atoms with Crippen LogP contribution in [0.2, 0.25) is 0 Å². The third kappa shape index (κ3) is 4.25. The summed E-state index contributed by atoms with van der Waals surface area (Å²) in [6, 6.07) is 0. The molecule has 2 aliphatic rings. The van der Waals surface area contributed by atoms with E-state index < -0.39 is 23.6 Å². The zero-order valence-electron chi connectivity index (χ0n) is 15.4. The number of carbonyl (C=O) groups excluding carboxylic acids is 4. The minimum absolute atomic E-state index is 0.0430. The Morgan fingerprint density at radius 3 is 2.46 bits per heavy atom. The molecule has 1 N–H and O–H groups in total. The maximum atomic E-state index is 12.6. The molecule has 0 aromatic heterocycles. The molecule has 0 fully saturated rings. The van der Waals surface area contributed by atoms with Gasteiger partial charge in [0.15, 0.2) is 0 Å². The molecular weight excluding hydrogens is 332 g/mol. The maximum Gasteiger partial charge on any atom is 0.276 e. The van der Waals surface area contributed by atoms with Crippen LogP contribution in [0.5, 0.6) is 0 Å². The Kier molecular flexibility index (Phi) is 6.44. The van der Waals surface area contributed by atoms with Crippen LogP contribution in [0.1, 0.15) is 52.9 Å². The number of carbonyl (C=O) groups is 4. The first kappa shape index (κ1) is 19.6. The third-order valence-corrected chi connectivity index (χ3v) is 4.07. The number of nitrogens with zero attached hydrogens (tertiary/aromatic N) is 1. The van der Waals surface area contributed by atoms with Crippen LogP contribution in [0.25, 0.3) is 0 Å². The second kappa shape index (κ2) is 8.56. The average Bonchev–Trinajstić information content (AvgIpc) is 2.99. The summed E-state index contributed by atoms with van der Waals surface area (Å²) in [6.45, 7) is 5.66. The lowest BCUT2D eigenvalue weighted by molar-refractivity contribution is -0.138. The monoisotopic (exact) mass is 356 g/mol. The zero-order chi connectivity index (χ0) is 19.3. The van der Waals surface area contributed by atoms with Gasteiger partial charge in [0, 0.05) is 11.6 Å². The third-order valence-electron chi connectivity index (χ3n) is 4.07. The number of imide groups is 2. The van der Waals surface area contributed by atoms with Gasteiger partial charge in [-0.05, 0) is 39.2 Å². The van der Waals surface area contributed by atoms with Crippen LogP contribution in [-0.4, -0.2) is 28.5 Å². The van der Waals surface area contributed by atoms with Crippen molar-refractivity contribution in [2.75, 3.05) is 0 Å². The molecule has 0 aliphatic carbocycles. The molecule has 4 amide bonds. The van der Waals surface area contributed by atoms with E-state index in [2.05, 4.69) is 12.2 Å². The number of allylic oxidation sites excluding steroid dienone is 3. The summed E-state index contributed by atoms with van der Waals surface area (Å²) in [4.78, 5) is 49.8. The van der Waals surface area contributed by atoms with Crippen molar-refractivity contribution in [3.8, 4) is 0 Å². The van der Waals surface area contributed by atoms with Crippen molar-refractivity contribution in [1.29, 1.82) is 0 Å². The Labute approximate surface area is 153 Å². The fraction of sp³-hybridized carbons (Fsp3) is 0.400. The van der Waals surface area contributed by atoms with Gasteiger partial charge in [-0.2, -0.15) is 0 Å². The largest absolute Gasteiger partial charge is 0.287 e. The highest BCUT2D eigenvalue weighted by molar-refractivity contribution is 6.27. The Balaban J connectivity index is 2.17. The van der Waals surface area contributed by atoms with Gasteiger partial charge in [0.25, 0.3) is 23.6 Å². The fourth-order valence-corrected chi connectivity index (χ4v) is 2.82. The zero-order valence-corrected chi connectivity index (χ0v) is 15.4. The summed E-state index contributed by atoms with van der Waals surface area (Å²) in [7, 11) is 0. The van der Waals surface area contributed by atoms with Crippen LogP contribution in [0.3, 0.4) is 0 Å². The van der Waals surface area contributed by atoms with Crippen LogP contribution in [0.4, 0.5) is 0 Å². The highest BCUT2D eigenvalue weighted by Gasteiger charge is 2.41. The molecule has 0 atom stereocenters. The van der Waals surface area contributed by atoms with Crippen molar-refractivity contribution in [3.63, 3.8) is 0 Å². The Morgan fingerprint density at radius 1 is 1.08 bits per heavy atom. The molecule has 0 spiro atoms. The van der Waals surface area contributed by atoms with Gasteiger partial charge in [-0.15, -0.1) is 0 Å². The molecule has 2 heterocycles. The molecule has 0 aromatic rings. The SMILES string of the molecule is CCCCCC=CCC1=CC(=O)N(C2=C(C=C(C)C)C(=O)NC2=O)C1=O. The number of nitrogens with one attached hydrogen (secondary N) is 1. The smallest absolute Gasteiger partial charge is 0.276 e. The van der Waals surface area contributed by atoms with Crippen LogP contribution in [0, 0.1) is 0 Å². The molecule has 0 unspecified atom stereocenters. The van der Waals surface area contributed by atoms with Crippen molar-refractivity contribution in [3.05, 3.63) is 46.7 Å². The lowest BCUT2D eigenvalue weighted by Gasteiger charge is -2.15. The highest BCUT2D eigenvalue weighted by atomic mass is 16.2. The molecule has 6 nitrogen and oxygen atoms in total. The number of amides is 4. The molecule has 0 radical (unpaired) electrons. The summed E-state index contributed by atoms with van der Waals surface area (Å²) in [5.41, 5.74) is 0.952. The van der Waals surface area contributed by atoms with E-state index >= 15 is 0 Å². The standard InChI is InChI=1S/C20H24N2O4/c1-4-5-6-7-8-9-10-14-12-16(23)22(20(14)26)17-15(11-13(2)3)18(24)21-19(17)25/h8-9,11-12H,4-7,10H2,1-3H3,(H,21,24,25). The number of rotatable bonds is 8. The summed E-state index contributed by atoms with van der Waals surface area (Å²) < 4.78 is 0. The summed E-state index contributed by atoms with van der Waals surface area (Å²) in [6.07, 6.45) is 11.2. The van der Waals surface area contributed by atoms with E-state index in [0.29, 0.717) is 12.0 Å². The predicted molar refractivity (Wildman–Crippen MR) is 97.4 cm³/mol. The molecule has 0 saturated heterocycles. The molecule has 26 heavy (non-hydrogen) atoms. The second-order valence-corrected chi connectivity index (χ2v) is 6.59. The number of unbranched alkanes of at least 4 members (excludes halogenated alkanes) is 3. The molecule has 0 bridgehead atoms. The van der Waals surface area contributed by atoms with Gasteiger partial charge in [0.1, 0.15) is 5.70 Å². The van der Waals surface area contributed by atoms with E-state index in [1.54, 1.807) is 13.8 Å². The quantitative estimate of drug-likeness (QED) is 0.412. The molecule has 0 saturated carbocycles. The maximum absolute atomic E-state index is 12.6. The lowest BCUT2D eigenvalue weighted by atomic mass is 10.1. The first-order valence-electron chi connectivity index (χ1n) is 8.85. The van der Waals surface area contributed by atoms with E-state index in [0.717, 1.165) is 36.2 Å². The van der Waals surface area contributed by atoms with Crippen LogP contribution in [-0.2, 0) is 19.2 Å². The first-order valence-corrected chi connectivity index (χ1v) is 8.85. The predicted octanol–water partition coefficient (Wildman–Crippen LogP) is 2.68. The first-order chi connectivity index (χ1) is 12.4. The fourth-order valence-electron chi connectivity index (χ4n) is 2.82. The average molecular weight is 356 g/mol. The second-order valence-electron chi connectivity index (χ2n) is 6.59. The van der Waals surface area contributed by atoms with Crippen molar-refractivity contribution >= 4 is 23.6 Å². The van der Waals surface area contributed by atoms with Gasteiger partial charge in [-0.3, -0.25) is 24.5 Å². The molecule has 138 valence electrons. The normalized spacial score (nSPS) is 17.5. The highest BCUT2D eigenvalue weighted by Crippen LogP contribution is 2.27. The van der Waals surface area contributed by atoms with E-state index in [1.807, 2.05) is 12.2 Å². The van der Waals surface area contributed by atoms with Crippen molar-refractivity contribution in [2.24, 2.45) is 0 Å². The molecular formula is C20H24N2O4. The van der Waals surface area contributed by atoms with Crippen LogP contribution in [0.15, 0.2) is 46.7 Å². The van der Waals surface area contributed by atoms with Gasteiger partial charge in [0.05, 0.1) is 5.57 Å². The van der Waals surface area contributed by atoms with E-state index in [9.17, 15) is 19.2 Å². The molecule has 2 rings (SSSR count). The van der Waals surface area contributed by atoms with Crippen molar-refractivity contribution in [1.82, 2.24) is 10.2 Å². The van der Waals surface area contributed by atoms with Gasteiger partial charge < -0.3 is 0 Å². The molecule has 0 aromatic carbocycles. The molecule has 2 aliphatic heterocycles. The van der Waals surface area contributed by atoms with E-state index in [-0.39, 0.29) is 11.3 Å². The van der Waals surface area contributed by atoms with Gasteiger partial charge in [0.2, 0.25) is 0 Å². The lowest BCUT2D eigenvalue weighted by Crippen LogP contribution is -2.35. The van der Waals surface area contributed by atoms with E-state index in [4.69, 9.17) is 0 Å². The van der Waals surface area contributed by atoms with Crippen LogP contribution >= 0.6 is 0 Å². The van der Waals surface area contributed by atoms with Crippen molar-refractivity contribution in [2.45, 2.75) is 52.9 Å². The number of hydrogen-bond donors (Lipinski definition) is 1. The topological polar surface area (TPSA) is 83.6 Å². The van der Waals surface area contributed by atoms with Gasteiger partial charge >= 0.3 is 0 Å². The molecule has 6 heteroatoms. The number of hydrogen-bond acceptors (Lipinski definition) is 4. The Hall–Kier alpha value is -2.76. The summed E-state index contributed by atoms with van der Waals surface area (Å²) in [5.74, 6) is -2.47. The van der Waals surface area contributed by atoms with Gasteiger partial charge in [-0.25, -0.2) is 4.90 Å². The van der Waals surface area contributed by atoms with Gasteiger partial charge in [-0.1, -0.05) is 37.5 Å². The summed E-state index contributed by atoms with van der Waals surface area (Å²) in [5, 5.41) is 2.15. The minimum Gasteiger partial charge on any atom is -0.287 e. The Morgan fingerprint density at radius 2 is 1.81 bits per heavy atom. The minimum atomic E-state index is -0.728. The Bertz CT molecular complexity index is 765. The summed E-state index contributed by atoms with van der Waals surface area (Å²) >= 11 is 0. The van der Waals surface area contributed by atoms with E-state index in [1.165, 1.54) is 12.2 Å².